The first-order valence-corrected chi connectivity index (χ1v) is 9.57. The Labute approximate surface area is 170 Å². The zero-order chi connectivity index (χ0) is 21.2. The summed E-state index contributed by atoms with van der Waals surface area (Å²) < 4.78 is 16.6. The Morgan fingerprint density at radius 3 is 2.72 bits per heavy atom. The van der Waals surface area contributed by atoms with Crippen molar-refractivity contribution in [2.75, 3.05) is 58.7 Å². The number of aliphatic hydroxyl groups is 1. The minimum absolute atomic E-state index is 0.225. The van der Waals surface area contributed by atoms with Gasteiger partial charge in [0.1, 0.15) is 6.73 Å². The van der Waals surface area contributed by atoms with E-state index in [2.05, 4.69) is 10.3 Å². The van der Waals surface area contributed by atoms with E-state index in [1.165, 1.54) is 11.1 Å². The van der Waals surface area contributed by atoms with Crippen molar-refractivity contribution in [3.05, 3.63) is 23.9 Å². The molecular weight excluding hydrogens is 376 g/mol. The van der Waals surface area contributed by atoms with Gasteiger partial charge in [0.15, 0.2) is 11.5 Å². The third kappa shape index (κ3) is 5.93. The molecule has 2 rings (SSSR count). The van der Waals surface area contributed by atoms with Crippen molar-refractivity contribution in [2.45, 2.75) is 13.3 Å². The predicted octanol–water partition coefficient (Wildman–Crippen LogP) is 1.12. The molecule has 0 saturated carbocycles. The summed E-state index contributed by atoms with van der Waals surface area (Å²) in [4.78, 5) is 17.7. The molecule has 0 aliphatic carbocycles. The van der Waals surface area contributed by atoms with Gasteiger partial charge in [-0.3, -0.25) is 9.78 Å². The van der Waals surface area contributed by atoms with Crippen LogP contribution in [-0.2, 0) is 4.74 Å². The Morgan fingerprint density at radius 2 is 2.07 bits per heavy atom. The smallest absolute Gasteiger partial charge is 0.252 e. The second-order valence-corrected chi connectivity index (χ2v) is 6.39. The monoisotopic (exact) mass is 406 g/mol. The lowest BCUT2D eigenvalue weighted by Gasteiger charge is -2.21. The Balaban J connectivity index is 2.17. The van der Waals surface area contributed by atoms with Crippen molar-refractivity contribution in [3.8, 4) is 11.5 Å². The molecule has 29 heavy (non-hydrogen) atoms. The van der Waals surface area contributed by atoms with E-state index < -0.39 is 5.91 Å². The van der Waals surface area contributed by atoms with Crippen LogP contribution in [0.25, 0.3) is 10.9 Å². The lowest BCUT2D eigenvalue weighted by atomic mass is 10.1. The van der Waals surface area contributed by atoms with Gasteiger partial charge in [0.05, 0.1) is 37.1 Å². The first-order valence-electron chi connectivity index (χ1n) is 9.57. The van der Waals surface area contributed by atoms with Crippen LogP contribution in [0.5, 0.6) is 11.5 Å². The molecule has 9 nitrogen and oxygen atoms in total. The fourth-order valence-electron chi connectivity index (χ4n) is 2.91. The molecule has 0 spiro atoms. The number of nitrogens with one attached hydrogen (secondary N) is 1. The number of carbonyl (C=O) groups excluding carboxylic acids is 1. The topological polar surface area (TPSA) is 119 Å². The second kappa shape index (κ2) is 11.4. The molecule has 0 atom stereocenters. The van der Waals surface area contributed by atoms with Crippen LogP contribution in [0.15, 0.2) is 18.3 Å². The number of hydrogen-bond acceptors (Lipinski definition) is 8. The molecular formula is C20H30N4O5. The number of primary amides is 1. The zero-order valence-corrected chi connectivity index (χ0v) is 17.2. The largest absolute Gasteiger partial charge is 0.493 e. The van der Waals surface area contributed by atoms with Gasteiger partial charge >= 0.3 is 0 Å². The number of anilines is 1. The molecule has 1 heterocycles. The number of ether oxygens (including phenoxy) is 3. The highest BCUT2D eigenvalue weighted by atomic mass is 16.5. The van der Waals surface area contributed by atoms with Gasteiger partial charge in [-0.05, 0) is 26.0 Å². The van der Waals surface area contributed by atoms with E-state index >= 15 is 0 Å². The number of carbonyl (C=O) groups is 1. The number of aromatic nitrogens is 1. The number of pyridine rings is 1. The van der Waals surface area contributed by atoms with Crippen molar-refractivity contribution < 1.29 is 24.1 Å². The maximum Gasteiger partial charge on any atom is 0.252 e. The van der Waals surface area contributed by atoms with Crippen LogP contribution in [0, 0.1) is 0 Å². The maximum absolute atomic E-state index is 11.8. The Morgan fingerprint density at radius 1 is 1.28 bits per heavy atom. The SMILES string of the molecule is CCOCCNCCCOc1cc2ncc(C(N)=O)c(N(C)CO)c2cc1OC. The fourth-order valence-corrected chi connectivity index (χ4v) is 2.91. The van der Waals surface area contributed by atoms with Gasteiger partial charge in [0, 0.05) is 37.8 Å². The van der Waals surface area contributed by atoms with Crippen LogP contribution in [0.2, 0.25) is 0 Å². The molecule has 0 aliphatic rings. The van der Waals surface area contributed by atoms with Crippen molar-refractivity contribution >= 4 is 22.5 Å². The number of hydrogen-bond donors (Lipinski definition) is 3. The number of nitrogens with zero attached hydrogens (tertiary/aromatic N) is 2. The first kappa shape index (κ1) is 22.7. The van der Waals surface area contributed by atoms with Crippen LogP contribution in [0.4, 0.5) is 5.69 Å². The van der Waals surface area contributed by atoms with Crippen LogP contribution < -0.4 is 25.4 Å². The van der Waals surface area contributed by atoms with E-state index in [9.17, 15) is 9.90 Å². The van der Waals surface area contributed by atoms with Gasteiger partial charge < -0.3 is 35.3 Å². The van der Waals surface area contributed by atoms with E-state index in [1.54, 1.807) is 26.3 Å². The van der Waals surface area contributed by atoms with Gasteiger partial charge in [-0.1, -0.05) is 0 Å². The number of nitrogens with two attached hydrogens (primary N) is 1. The van der Waals surface area contributed by atoms with Crippen LogP contribution >= 0.6 is 0 Å². The molecule has 1 amide bonds. The third-order valence-electron chi connectivity index (χ3n) is 4.37. The number of benzene rings is 1. The first-order chi connectivity index (χ1) is 14.0. The molecule has 0 aliphatic heterocycles. The predicted molar refractivity (Wildman–Crippen MR) is 112 cm³/mol. The van der Waals surface area contributed by atoms with E-state index in [4.69, 9.17) is 19.9 Å². The highest BCUT2D eigenvalue weighted by Gasteiger charge is 2.19. The Hall–Kier alpha value is -2.62. The molecule has 160 valence electrons. The normalized spacial score (nSPS) is 10.9. The average molecular weight is 406 g/mol. The van der Waals surface area contributed by atoms with E-state index in [1.807, 2.05) is 6.92 Å². The van der Waals surface area contributed by atoms with Crippen molar-refractivity contribution in [1.29, 1.82) is 0 Å². The number of aliphatic hydroxyl groups excluding tert-OH is 1. The van der Waals surface area contributed by atoms with Crippen molar-refractivity contribution in [1.82, 2.24) is 10.3 Å². The zero-order valence-electron chi connectivity index (χ0n) is 17.2. The summed E-state index contributed by atoms with van der Waals surface area (Å²) in [5.74, 6) is 0.454. The lowest BCUT2D eigenvalue weighted by molar-refractivity contribution is 0.100. The summed E-state index contributed by atoms with van der Waals surface area (Å²) in [6.07, 6.45) is 2.23. The minimum atomic E-state index is -0.620. The Kier molecular flexibility index (Phi) is 8.91. The number of rotatable bonds is 13. The van der Waals surface area contributed by atoms with E-state index in [0.717, 1.165) is 26.1 Å². The van der Waals surface area contributed by atoms with Crippen molar-refractivity contribution in [2.24, 2.45) is 5.73 Å². The van der Waals surface area contributed by atoms with Crippen LogP contribution in [0.1, 0.15) is 23.7 Å². The summed E-state index contributed by atoms with van der Waals surface area (Å²) in [6.45, 7) is 5.23. The summed E-state index contributed by atoms with van der Waals surface area (Å²) in [5.41, 5.74) is 6.80. The highest BCUT2D eigenvalue weighted by molar-refractivity contribution is 6.07. The fraction of sp³-hybridized carbons (Fsp3) is 0.500. The molecule has 0 fully saturated rings. The molecule has 1 aromatic carbocycles. The van der Waals surface area contributed by atoms with Crippen LogP contribution in [0.3, 0.4) is 0 Å². The molecule has 2 aromatic rings. The summed E-state index contributed by atoms with van der Waals surface area (Å²) in [5, 5.41) is 13.5. The van der Waals surface area contributed by atoms with Gasteiger partial charge in [0.25, 0.3) is 5.91 Å². The molecule has 0 unspecified atom stereocenters. The summed E-state index contributed by atoms with van der Waals surface area (Å²) in [6, 6.07) is 3.50. The van der Waals surface area contributed by atoms with E-state index in [0.29, 0.717) is 41.3 Å². The van der Waals surface area contributed by atoms with Crippen molar-refractivity contribution in [3.63, 3.8) is 0 Å². The van der Waals surface area contributed by atoms with Crippen LogP contribution in [-0.4, -0.2) is 69.8 Å². The molecule has 0 saturated heterocycles. The number of fused-ring (bicyclic) bond motifs is 1. The Bertz CT molecular complexity index is 815. The molecule has 0 bridgehead atoms. The maximum atomic E-state index is 11.8. The average Bonchev–Trinajstić information content (AvgIpc) is 2.73. The molecule has 1 aromatic heterocycles. The quantitative estimate of drug-likeness (QED) is 0.334. The number of amides is 1. The van der Waals surface area contributed by atoms with E-state index in [-0.39, 0.29) is 12.3 Å². The summed E-state index contributed by atoms with van der Waals surface area (Å²) in [7, 11) is 3.21. The van der Waals surface area contributed by atoms with Gasteiger partial charge in [0.2, 0.25) is 0 Å². The third-order valence-corrected chi connectivity index (χ3v) is 4.37. The molecule has 0 radical (unpaired) electrons. The van der Waals surface area contributed by atoms with Gasteiger partial charge in [-0.25, -0.2) is 0 Å². The van der Waals surface area contributed by atoms with Gasteiger partial charge in [-0.15, -0.1) is 0 Å². The minimum Gasteiger partial charge on any atom is -0.493 e. The second-order valence-electron chi connectivity index (χ2n) is 6.39. The standard InChI is InChI=1S/C20H30N4O5/c1-4-28-9-7-22-6-5-8-29-18-11-16-14(10-17(18)27-3)19(24(2)13-25)15(12-23-16)20(21)26/h10-12,22,25H,4-9,13H2,1-3H3,(H2,21,26). The summed E-state index contributed by atoms with van der Waals surface area (Å²) >= 11 is 0. The molecule has 4 N–H and O–H groups in total. The lowest BCUT2D eigenvalue weighted by Crippen LogP contribution is -2.23. The number of methoxy groups -OCH3 is 1. The van der Waals surface area contributed by atoms with Gasteiger partial charge in [-0.2, -0.15) is 0 Å². The highest BCUT2D eigenvalue weighted by Crippen LogP contribution is 2.37. The molecule has 9 heteroatoms.